The lowest BCUT2D eigenvalue weighted by Gasteiger charge is -2.39. The van der Waals surface area contributed by atoms with Crippen LogP contribution in [0, 0.1) is 5.41 Å². The van der Waals surface area contributed by atoms with Gasteiger partial charge in [-0.25, -0.2) is 0 Å². The lowest BCUT2D eigenvalue weighted by Crippen LogP contribution is -2.52. The summed E-state index contributed by atoms with van der Waals surface area (Å²) < 4.78 is 5.11. The van der Waals surface area contributed by atoms with Gasteiger partial charge in [-0.3, -0.25) is 9.59 Å². The van der Waals surface area contributed by atoms with Gasteiger partial charge in [-0.15, -0.1) is 0 Å². The number of hydrogen-bond acceptors (Lipinski definition) is 3. The Kier molecular flexibility index (Phi) is 6.59. The van der Waals surface area contributed by atoms with E-state index < -0.39 is 11.4 Å². The zero-order valence-electron chi connectivity index (χ0n) is 15.5. The van der Waals surface area contributed by atoms with Crippen molar-refractivity contribution in [2.45, 2.75) is 45.4 Å². The summed E-state index contributed by atoms with van der Waals surface area (Å²) in [6, 6.07) is 8.37. The van der Waals surface area contributed by atoms with E-state index in [1.54, 1.807) is 4.90 Å². The number of piperidine rings is 1. The predicted molar refractivity (Wildman–Crippen MR) is 96.6 cm³/mol. The number of benzene rings is 1. The molecule has 2 rings (SSSR count). The fourth-order valence-corrected chi connectivity index (χ4v) is 3.45. The minimum Gasteiger partial charge on any atom is -0.481 e. The number of nitrogens with zero attached hydrogens (tertiary/aromatic N) is 1. The highest BCUT2D eigenvalue weighted by Crippen LogP contribution is 2.31. The number of aliphatic carboxylic acids is 1. The molecule has 0 aromatic heterocycles. The monoisotopic (exact) mass is 347 g/mol. The van der Waals surface area contributed by atoms with Crippen molar-refractivity contribution in [1.29, 1.82) is 0 Å². The molecule has 0 spiro atoms. The Morgan fingerprint density at radius 3 is 2.52 bits per heavy atom. The number of carboxylic acids is 1. The molecule has 1 heterocycles. The van der Waals surface area contributed by atoms with E-state index in [4.69, 9.17) is 4.74 Å². The van der Waals surface area contributed by atoms with Crippen LogP contribution in [0.4, 0.5) is 0 Å². The zero-order valence-corrected chi connectivity index (χ0v) is 15.5. The molecule has 1 saturated heterocycles. The van der Waals surface area contributed by atoms with Crippen LogP contribution in [-0.4, -0.2) is 48.7 Å². The molecule has 1 aromatic carbocycles. The maximum absolute atomic E-state index is 12.6. The third-order valence-corrected chi connectivity index (χ3v) is 5.08. The number of ether oxygens (including phenoxy) is 1. The van der Waals surface area contributed by atoms with E-state index in [0.29, 0.717) is 38.1 Å². The second-order valence-electron chi connectivity index (χ2n) is 7.33. The fraction of sp³-hybridized carbons (Fsp3) is 0.600. The first-order chi connectivity index (χ1) is 11.9. The summed E-state index contributed by atoms with van der Waals surface area (Å²) in [5.74, 6) is -0.362. The minimum atomic E-state index is -0.971. The second kappa shape index (κ2) is 8.48. The predicted octanol–water partition coefficient (Wildman–Crippen LogP) is 3.08. The van der Waals surface area contributed by atoms with Crippen LogP contribution in [0.5, 0.6) is 0 Å². The summed E-state index contributed by atoms with van der Waals surface area (Å²) in [6.45, 7) is 5.32. The fourth-order valence-electron chi connectivity index (χ4n) is 3.45. The number of carboxylic acid groups (broad SMARTS) is 1. The van der Waals surface area contributed by atoms with Crippen LogP contribution in [0.3, 0.4) is 0 Å². The van der Waals surface area contributed by atoms with Gasteiger partial charge in [-0.1, -0.05) is 38.1 Å². The largest absolute Gasteiger partial charge is 0.481 e. The molecular formula is C20H29NO4. The summed E-state index contributed by atoms with van der Waals surface area (Å²) in [7, 11) is 1.51. The maximum atomic E-state index is 12.6. The van der Waals surface area contributed by atoms with Gasteiger partial charge in [0.2, 0.25) is 5.91 Å². The van der Waals surface area contributed by atoms with Crippen molar-refractivity contribution in [3.8, 4) is 0 Å². The number of likely N-dealkylation sites (tertiary alicyclic amines) is 1. The molecule has 1 aromatic rings. The Labute approximate surface area is 150 Å². The van der Waals surface area contributed by atoms with Gasteiger partial charge in [0.15, 0.2) is 0 Å². The first kappa shape index (κ1) is 19.4. The van der Waals surface area contributed by atoms with E-state index in [0.717, 1.165) is 5.56 Å². The molecule has 0 saturated carbocycles. The number of aryl methyl sites for hydroxylation is 1. The highest BCUT2D eigenvalue weighted by atomic mass is 16.5. The van der Waals surface area contributed by atoms with Gasteiger partial charge in [0.1, 0.15) is 5.41 Å². The van der Waals surface area contributed by atoms with Crippen molar-refractivity contribution in [3.05, 3.63) is 35.4 Å². The van der Waals surface area contributed by atoms with Crippen LogP contribution >= 0.6 is 0 Å². The van der Waals surface area contributed by atoms with Crippen LogP contribution in [0.1, 0.15) is 50.2 Å². The molecule has 25 heavy (non-hydrogen) atoms. The van der Waals surface area contributed by atoms with Crippen LogP contribution in [0.15, 0.2) is 24.3 Å². The Morgan fingerprint density at radius 1 is 1.28 bits per heavy atom. The molecular weight excluding hydrogens is 318 g/mol. The Morgan fingerprint density at radius 2 is 1.96 bits per heavy atom. The van der Waals surface area contributed by atoms with E-state index in [-0.39, 0.29) is 19.1 Å². The van der Waals surface area contributed by atoms with Crippen LogP contribution < -0.4 is 0 Å². The van der Waals surface area contributed by atoms with Crippen molar-refractivity contribution >= 4 is 11.9 Å². The van der Waals surface area contributed by atoms with E-state index in [9.17, 15) is 14.7 Å². The molecule has 5 heteroatoms. The van der Waals surface area contributed by atoms with Gasteiger partial charge in [0.25, 0.3) is 0 Å². The molecule has 138 valence electrons. The summed E-state index contributed by atoms with van der Waals surface area (Å²) >= 11 is 0. The van der Waals surface area contributed by atoms with E-state index in [1.165, 1.54) is 12.7 Å². The smallest absolute Gasteiger partial charge is 0.313 e. The number of rotatable bonds is 7. The van der Waals surface area contributed by atoms with Gasteiger partial charge in [0.05, 0.1) is 6.61 Å². The lowest BCUT2D eigenvalue weighted by atomic mass is 9.80. The summed E-state index contributed by atoms with van der Waals surface area (Å²) in [4.78, 5) is 25.9. The third-order valence-electron chi connectivity index (χ3n) is 5.08. The molecule has 0 aliphatic carbocycles. The molecule has 1 atom stereocenters. The Hall–Kier alpha value is -1.88. The molecule has 1 unspecified atom stereocenters. The van der Waals surface area contributed by atoms with E-state index in [1.807, 2.05) is 0 Å². The molecule has 0 bridgehead atoms. The van der Waals surface area contributed by atoms with Crippen molar-refractivity contribution in [3.63, 3.8) is 0 Å². The third kappa shape index (κ3) is 4.82. The molecule has 1 aliphatic heterocycles. The minimum absolute atomic E-state index is 0.0226. The SMILES string of the molecule is COCC1(C(=O)O)CCCN(C(=O)CCc2ccc(C(C)C)cc2)C1. The molecule has 5 nitrogen and oxygen atoms in total. The average Bonchev–Trinajstić information content (AvgIpc) is 2.60. The zero-order chi connectivity index (χ0) is 18.4. The van der Waals surface area contributed by atoms with Crippen molar-refractivity contribution in [2.75, 3.05) is 26.8 Å². The van der Waals surface area contributed by atoms with Gasteiger partial charge in [0, 0.05) is 26.6 Å². The Bertz CT molecular complexity index is 592. The molecule has 1 amide bonds. The first-order valence-corrected chi connectivity index (χ1v) is 8.97. The van der Waals surface area contributed by atoms with Crippen molar-refractivity contribution in [1.82, 2.24) is 4.90 Å². The lowest BCUT2D eigenvalue weighted by molar-refractivity contribution is -0.159. The number of amides is 1. The van der Waals surface area contributed by atoms with Gasteiger partial charge < -0.3 is 14.7 Å². The average molecular weight is 347 g/mol. The van der Waals surface area contributed by atoms with Gasteiger partial charge in [-0.2, -0.15) is 0 Å². The number of carbonyl (C=O) groups excluding carboxylic acids is 1. The normalized spacial score (nSPS) is 20.7. The highest BCUT2D eigenvalue weighted by Gasteiger charge is 2.43. The molecule has 0 radical (unpaired) electrons. The van der Waals surface area contributed by atoms with Gasteiger partial charge in [-0.05, 0) is 36.3 Å². The maximum Gasteiger partial charge on any atom is 0.313 e. The van der Waals surface area contributed by atoms with Crippen molar-refractivity contribution < 1.29 is 19.4 Å². The standard InChI is InChI=1S/C20H29NO4/c1-15(2)17-8-5-16(6-9-17)7-10-18(22)21-12-4-11-20(13-21,14-25-3)19(23)24/h5-6,8-9,15H,4,7,10-14H2,1-3H3,(H,23,24). The topological polar surface area (TPSA) is 66.8 Å². The number of carbonyl (C=O) groups is 2. The first-order valence-electron chi connectivity index (χ1n) is 8.97. The number of methoxy groups -OCH3 is 1. The van der Waals surface area contributed by atoms with Crippen molar-refractivity contribution in [2.24, 2.45) is 5.41 Å². The summed E-state index contributed by atoms with van der Waals surface area (Å²) in [5, 5.41) is 9.58. The second-order valence-corrected chi connectivity index (χ2v) is 7.33. The molecule has 1 N–H and O–H groups in total. The highest BCUT2D eigenvalue weighted by molar-refractivity contribution is 5.80. The van der Waals surface area contributed by atoms with Crippen LogP contribution in [-0.2, 0) is 20.7 Å². The molecule has 1 fully saturated rings. The summed E-state index contributed by atoms with van der Waals surface area (Å²) in [6.07, 6.45) is 2.34. The van der Waals surface area contributed by atoms with Gasteiger partial charge >= 0.3 is 5.97 Å². The van der Waals surface area contributed by atoms with Crippen LogP contribution in [0.2, 0.25) is 0 Å². The molecule has 1 aliphatic rings. The summed E-state index contributed by atoms with van der Waals surface area (Å²) in [5.41, 5.74) is 1.45. The number of hydrogen-bond donors (Lipinski definition) is 1. The Balaban J connectivity index is 1.94. The van der Waals surface area contributed by atoms with Crippen LogP contribution in [0.25, 0.3) is 0 Å². The van der Waals surface area contributed by atoms with E-state index >= 15 is 0 Å². The quantitative estimate of drug-likeness (QED) is 0.823. The van der Waals surface area contributed by atoms with E-state index in [2.05, 4.69) is 38.1 Å².